The molecule has 1 N–H and O–H groups in total. The molecule has 0 atom stereocenters. The highest BCUT2D eigenvalue weighted by atomic mass is 32.2. The van der Waals surface area contributed by atoms with Gasteiger partial charge < -0.3 is 5.11 Å². The zero-order valence-corrected chi connectivity index (χ0v) is 10.8. The van der Waals surface area contributed by atoms with Crippen molar-refractivity contribution in [2.75, 3.05) is 5.75 Å². The average molecular weight is 287 g/mol. The highest BCUT2D eigenvalue weighted by Gasteiger charge is 2.14. The van der Waals surface area contributed by atoms with E-state index in [0.29, 0.717) is 5.56 Å². The number of hydrogen-bond acceptors (Lipinski definition) is 5. The lowest BCUT2D eigenvalue weighted by molar-refractivity contribution is -0.384. The van der Waals surface area contributed by atoms with Crippen LogP contribution in [0.5, 0.6) is 0 Å². The van der Waals surface area contributed by atoms with Crippen LogP contribution in [0.1, 0.15) is 18.4 Å². The molecule has 0 unspecified atom stereocenters. The summed E-state index contributed by atoms with van der Waals surface area (Å²) < 4.78 is 23.3. The van der Waals surface area contributed by atoms with Crippen molar-refractivity contribution in [2.24, 2.45) is 0 Å². The van der Waals surface area contributed by atoms with Gasteiger partial charge in [-0.05, 0) is 12.0 Å². The second-order valence-electron chi connectivity index (χ2n) is 4.01. The van der Waals surface area contributed by atoms with Crippen molar-refractivity contribution in [3.63, 3.8) is 0 Å². The van der Waals surface area contributed by atoms with E-state index < -0.39 is 20.7 Å². The van der Waals surface area contributed by atoms with Crippen LogP contribution in [0.3, 0.4) is 0 Å². The number of nitrogens with zero attached hydrogens (tertiary/aromatic N) is 1. The first-order chi connectivity index (χ1) is 8.80. The summed E-state index contributed by atoms with van der Waals surface area (Å²) in [5, 5.41) is 18.9. The summed E-state index contributed by atoms with van der Waals surface area (Å²) in [4.78, 5) is 20.2. The maximum atomic E-state index is 11.7. The number of hydrogen-bond donors (Lipinski definition) is 1. The standard InChI is InChI=1S/C11H13NO6S/c13-11(14)2-1-7-19(17,18)8-9-3-5-10(6-4-9)12(15)16/h3-6H,1-2,7-8H2,(H,13,14). The zero-order valence-electron chi connectivity index (χ0n) is 9.98. The summed E-state index contributed by atoms with van der Waals surface area (Å²) in [6, 6.07) is 5.24. The fraction of sp³-hybridized carbons (Fsp3) is 0.364. The Kier molecular flexibility index (Phi) is 4.99. The number of carboxylic acid groups (broad SMARTS) is 1. The monoisotopic (exact) mass is 287 g/mol. The maximum absolute atomic E-state index is 11.7. The van der Waals surface area contributed by atoms with E-state index in [1.165, 1.54) is 24.3 Å². The van der Waals surface area contributed by atoms with Crippen molar-refractivity contribution < 1.29 is 23.2 Å². The van der Waals surface area contributed by atoms with Gasteiger partial charge in [0, 0.05) is 18.6 Å². The van der Waals surface area contributed by atoms with Crippen molar-refractivity contribution >= 4 is 21.5 Å². The van der Waals surface area contributed by atoms with Gasteiger partial charge in [-0.2, -0.15) is 0 Å². The summed E-state index contributed by atoms with van der Waals surface area (Å²) in [6.45, 7) is 0. The zero-order chi connectivity index (χ0) is 14.5. The summed E-state index contributed by atoms with van der Waals surface area (Å²) in [7, 11) is -3.40. The maximum Gasteiger partial charge on any atom is 0.303 e. The Morgan fingerprint density at radius 3 is 2.32 bits per heavy atom. The Hall–Kier alpha value is -1.96. The molecule has 0 saturated heterocycles. The minimum atomic E-state index is -3.40. The molecule has 0 radical (unpaired) electrons. The van der Waals surface area contributed by atoms with Crippen molar-refractivity contribution in [1.82, 2.24) is 0 Å². The van der Waals surface area contributed by atoms with Gasteiger partial charge in [0.2, 0.25) is 0 Å². The van der Waals surface area contributed by atoms with Crippen LogP contribution >= 0.6 is 0 Å². The molecule has 0 saturated carbocycles. The molecule has 0 aliphatic rings. The molecule has 7 nitrogen and oxygen atoms in total. The Morgan fingerprint density at radius 2 is 1.84 bits per heavy atom. The molecule has 0 spiro atoms. The lowest BCUT2D eigenvalue weighted by Gasteiger charge is -2.03. The molecule has 0 heterocycles. The number of benzene rings is 1. The van der Waals surface area contributed by atoms with Crippen LogP contribution in [0.25, 0.3) is 0 Å². The average Bonchev–Trinajstić information content (AvgIpc) is 2.28. The van der Waals surface area contributed by atoms with Crippen LogP contribution in [0, 0.1) is 10.1 Å². The first-order valence-corrected chi connectivity index (χ1v) is 7.28. The van der Waals surface area contributed by atoms with E-state index in [1.807, 2.05) is 0 Å². The molecule has 19 heavy (non-hydrogen) atoms. The lowest BCUT2D eigenvalue weighted by Crippen LogP contribution is -2.10. The van der Waals surface area contributed by atoms with Crippen molar-refractivity contribution in [3.05, 3.63) is 39.9 Å². The van der Waals surface area contributed by atoms with Crippen molar-refractivity contribution in [1.29, 1.82) is 0 Å². The number of nitro groups is 1. The number of sulfone groups is 1. The molecule has 1 aromatic carbocycles. The fourth-order valence-electron chi connectivity index (χ4n) is 1.48. The van der Waals surface area contributed by atoms with E-state index in [1.54, 1.807) is 0 Å². The summed E-state index contributed by atoms with van der Waals surface area (Å²) in [5.74, 6) is -1.49. The fourth-order valence-corrected chi connectivity index (χ4v) is 2.91. The van der Waals surface area contributed by atoms with Gasteiger partial charge in [0.05, 0.1) is 16.4 Å². The first-order valence-electron chi connectivity index (χ1n) is 5.46. The van der Waals surface area contributed by atoms with Crippen LogP contribution in [-0.2, 0) is 20.4 Å². The minimum absolute atomic E-state index is 0.0602. The van der Waals surface area contributed by atoms with Gasteiger partial charge >= 0.3 is 5.97 Å². The van der Waals surface area contributed by atoms with Crippen LogP contribution < -0.4 is 0 Å². The van der Waals surface area contributed by atoms with E-state index in [9.17, 15) is 23.3 Å². The van der Waals surface area contributed by atoms with Gasteiger partial charge in [-0.15, -0.1) is 0 Å². The molecule has 0 aromatic heterocycles. The van der Waals surface area contributed by atoms with Crippen LogP contribution in [-0.4, -0.2) is 30.2 Å². The Morgan fingerprint density at radius 1 is 1.26 bits per heavy atom. The number of nitro benzene ring substituents is 1. The lowest BCUT2D eigenvalue weighted by atomic mass is 10.2. The van der Waals surface area contributed by atoms with E-state index in [-0.39, 0.29) is 30.0 Å². The van der Waals surface area contributed by atoms with E-state index in [0.717, 1.165) is 0 Å². The molecule has 0 bridgehead atoms. The molecule has 1 aromatic rings. The number of rotatable bonds is 7. The second kappa shape index (κ2) is 6.28. The number of carboxylic acids is 1. The number of non-ortho nitro benzene ring substituents is 1. The molecular formula is C11H13NO6S. The Labute approximate surface area is 109 Å². The van der Waals surface area contributed by atoms with Crippen LogP contribution in [0.4, 0.5) is 5.69 Å². The van der Waals surface area contributed by atoms with Crippen molar-refractivity contribution in [2.45, 2.75) is 18.6 Å². The third-order valence-electron chi connectivity index (χ3n) is 2.38. The first kappa shape index (κ1) is 15.1. The topological polar surface area (TPSA) is 115 Å². The van der Waals surface area contributed by atoms with Gasteiger partial charge in [-0.25, -0.2) is 8.42 Å². The van der Waals surface area contributed by atoms with Gasteiger partial charge in [0.1, 0.15) is 0 Å². The summed E-state index contributed by atoms with van der Waals surface area (Å²) in [5.41, 5.74) is 0.341. The van der Waals surface area contributed by atoms with Gasteiger partial charge in [0.15, 0.2) is 9.84 Å². The largest absolute Gasteiger partial charge is 0.481 e. The van der Waals surface area contributed by atoms with Crippen LogP contribution in [0.15, 0.2) is 24.3 Å². The Balaban J connectivity index is 2.62. The third kappa shape index (κ3) is 5.47. The van der Waals surface area contributed by atoms with Gasteiger partial charge in [0.25, 0.3) is 5.69 Å². The van der Waals surface area contributed by atoms with Gasteiger partial charge in [-0.3, -0.25) is 14.9 Å². The molecule has 104 valence electrons. The minimum Gasteiger partial charge on any atom is -0.481 e. The molecule has 0 aliphatic carbocycles. The molecule has 0 fully saturated rings. The highest BCUT2D eigenvalue weighted by molar-refractivity contribution is 7.90. The molecular weight excluding hydrogens is 274 g/mol. The SMILES string of the molecule is O=C(O)CCCS(=O)(=O)Cc1ccc([N+](=O)[O-])cc1. The van der Waals surface area contributed by atoms with E-state index in [2.05, 4.69) is 0 Å². The highest BCUT2D eigenvalue weighted by Crippen LogP contribution is 2.14. The van der Waals surface area contributed by atoms with Crippen molar-refractivity contribution in [3.8, 4) is 0 Å². The molecule has 1 rings (SSSR count). The van der Waals surface area contributed by atoms with E-state index >= 15 is 0 Å². The predicted molar refractivity (Wildman–Crippen MR) is 67.5 cm³/mol. The molecule has 0 aliphatic heterocycles. The normalized spacial score (nSPS) is 11.2. The quantitative estimate of drug-likeness (QED) is 0.598. The van der Waals surface area contributed by atoms with Gasteiger partial charge in [-0.1, -0.05) is 12.1 Å². The summed E-state index contributed by atoms with van der Waals surface area (Å²) >= 11 is 0. The molecule has 8 heteroatoms. The van der Waals surface area contributed by atoms with Crippen LogP contribution in [0.2, 0.25) is 0 Å². The number of carbonyl (C=O) groups is 1. The Bertz CT molecular complexity index is 563. The summed E-state index contributed by atoms with van der Waals surface area (Å²) in [6.07, 6.45) is -0.135. The van der Waals surface area contributed by atoms with E-state index in [4.69, 9.17) is 5.11 Å². The smallest absolute Gasteiger partial charge is 0.303 e. The second-order valence-corrected chi connectivity index (χ2v) is 6.20. The predicted octanol–water partition coefficient (Wildman–Crippen LogP) is 1.37. The molecule has 0 amide bonds. The number of aliphatic carboxylic acids is 1. The third-order valence-corrected chi connectivity index (χ3v) is 4.06.